The quantitative estimate of drug-likeness (QED) is 0.653. The zero-order chi connectivity index (χ0) is 16.8. The van der Waals surface area contributed by atoms with E-state index in [2.05, 4.69) is 31.2 Å². The average molecular weight is 330 g/mol. The Morgan fingerprint density at radius 1 is 0.913 bits per heavy atom. The van der Waals surface area contributed by atoms with E-state index in [1.807, 2.05) is 36.4 Å². The van der Waals surface area contributed by atoms with E-state index in [4.69, 9.17) is 0 Å². The van der Waals surface area contributed by atoms with Crippen molar-refractivity contribution in [2.24, 2.45) is 0 Å². The third-order valence-corrected chi connectivity index (χ3v) is 6.64. The van der Waals surface area contributed by atoms with Gasteiger partial charge in [0.15, 0.2) is 0 Å². The lowest BCUT2D eigenvalue weighted by Crippen LogP contribution is -2.32. The van der Waals surface area contributed by atoms with Crippen LogP contribution in [0.2, 0.25) is 0 Å². The second-order valence-corrected chi connectivity index (χ2v) is 8.88. The number of benzene rings is 2. The van der Waals surface area contributed by atoms with Crippen molar-refractivity contribution in [3.05, 3.63) is 71.8 Å². The molecule has 3 heteroatoms. The smallest absolute Gasteiger partial charge is 0.201 e. The van der Waals surface area contributed by atoms with E-state index in [0.29, 0.717) is 12.3 Å². The Morgan fingerprint density at radius 3 is 1.78 bits per heavy atom. The lowest BCUT2D eigenvalue weighted by Gasteiger charge is -2.36. The summed E-state index contributed by atoms with van der Waals surface area (Å²) in [6.45, 7) is 3.97. The van der Waals surface area contributed by atoms with Crippen LogP contribution in [0.3, 0.4) is 0 Å². The highest BCUT2D eigenvalue weighted by molar-refractivity contribution is 7.58. The van der Waals surface area contributed by atoms with Gasteiger partial charge >= 0.3 is 0 Å². The van der Waals surface area contributed by atoms with E-state index in [1.165, 1.54) is 0 Å². The molecule has 0 saturated heterocycles. The standard InChI is InChI=1S/C20H27O2P/c1-3-5-16-20(17-23(21,22)4-2,18-12-8-6-9-13-18)19-14-10-7-11-15-19/h6-15H,3-5,16-17H2,1-2H3,(H,21,22). The van der Waals surface area contributed by atoms with Gasteiger partial charge in [0.05, 0.1) is 0 Å². The summed E-state index contributed by atoms with van der Waals surface area (Å²) in [7, 11) is -3.17. The highest BCUT2D eigenvalue weighted by atomic mass is 31.2. The molecule has 0 aliphatic heterocycles. The van der Waals surface area contributed by atoms with Crippen molar-refractivity contribution in [3.8, 4) is 0 Å². The minimum absolute atomic E-state index is 0.310. The van der Waals surface area contributed by atoms with E-state index in [0.717, 1.165) is 30.4 Å². The van der Waals surface area contributed by atoms with Crippen LogP contribution >= 0.6 is 7.37 Å². The first-order chi connectivity index (χ1) is 11.0. The van der Waals surface area contributed by atoms with Crippen molar-refractivity contribution < 1.29 is 9.46 Å². The van der Waals surface area contributed by atoms with Crippen LogP contribution < -0.4 is 0 Å². The summed E-state index contributed by atoms with van der Waals surface area (Å²) >= 11 is 0. The van der Waals surface area contributed by atoms with Crippen LogP contribution in [0.25, 0.3) is 0 Å². The van der Waals surface area contributed by atoms with Crippen LogP contribution in [-0.2, 0) is 9.98 Å². The lowest BCUT2D eigenvalue weighted by molar-refractivity contribution is 0.438. The zero-order valence-corrected chi connectivity index (χ0v) is 15.0. The molecule has 0 heterocycles. The van der Waals surface area contributed by atoms with Gasteiger partial charge in [-0.3, -0.25) is 4.57 Å². The summed E-state index contributed by atoms with van der Waals surface area (Å²) in [6, 6.07) is 20.5. The van der Waals surface area contributed by atoms with Crippen LogP contribution in [0.5, 0.6) is 0 Å². The SMILES string of the molecule is CCCCC(CP(=O)(O)CC)(c1ccccc1)c1ccccc1. The first-order valence-electron chi connectivity index (χ1n) is 8.46. The molecule has 2 aromatic carbocycles. The maximum absolute atomic E-state index is 12.7. The molecule has 2 aromatic rings. The number of hydrogen-bond donors (Lipinski definition) is 1. The Bertz CT molecular complexity index is 598. The molecule has 0 saturated carbocycles. The third-order valence-electron chi connectivity index (χ3n) is 4.62. The molecular weight excluding hydrogens is 303 g/mol. The van der Waals surface area contributed by atoms with Gasteiger partial charge < -0.3 is 4.89 Å². The molecule has 0 fully saturated rings. The number of rotatable bonds is 8. The van der Waals surface area contributed by atoms with Crippen LogP contribution in [-0.4, -0.2) is 17.2 Å². The van der Waals surface area contributed by atoms with E-state index in [1.54, 1.807) is 6.92 Å². The van der Waals surface area contributed by atoms with Crippen molar-refractivity contribution >= 4 is 7.37 Å². The second-order valence-electron chi connectivity index (χ2n) is 6.24. The number of unbranched alkanes of at least 4 members (excludes halogenated alkanes) is 1. The van der Waals surface area contributed by atoms with Gasteiger partial charge in [0.1, 0.15) is 0 Å². The van der Waals surface area contributed by atoms with Gasteiger partial charge in [-0.1, -0.05) is 87.4 Å². The molecule has 0 aromatic heterocycles. The molecule has 0 bridgehead atoms. The topological polar surface area (TPSA) is 37.3 Å². The lowest BCUT2D eigenvalue weighted by atomic mass is 9.72. The maximum atomic E-state index is 12.7. The Morgan fingerprint density at radius 2 is 1.39 bits per heavy atom. The largest absolute Gasteiger partial charge is 0.344 e. The molecule has 124 valence electrons. The summed E-state index contributed by atoms with van der Waals surface area (Å²) in [5.41, 5.74) is 1.89. The Balaban J connectivity index is 2.60. The van der Waals surface area contributed by atoms with Crippen LogP contribution in [0.1, 0.15) is 44.2 Å². The van der Waals surface area contributed by atoms with E-state index >= 15 is 0 Å². The summed E-state index contributed by atoms with van der Waals surface area (Å²) in [5.74, 6) is 0. The predicted octanol–water partition coefficient (Wildman–Crippen LogP) is 5.45. The zero-order valence-electron chi connectivity index (χ0n) is 14.1. The van der Waals surface area contributed by atoms with Crippen molar-refractivity contribution in [1.29, 1.82) is 0 Å². The van der Waals surface area contributed by atoms with Gasteiger partial charge in [-0.25, -0.2) is 0 Å². The molecule has 1 N–H and O–H groups in total. The van der Waals surface area contributed by atoms with Gasteiger partial charge in [0.2, 0.25) is 7.37 Å². The number of hydrogen-bond acceptors (Lipinski definition) is 1. The molecule has 23 heavy (non-hydrogen) atoms. The Kier molecular flexibility index (Phi) is 6.21. The van der Waals surface area contributed by atoms with Crippen LogP contribution in [0.15, 0.2) is 60.7 Å². The molecule has 0 radical (unpaired) electrons. The molecule has 0 amide bonds. The van der Waals surface area contributed by atoms with Gasteiger partial charge in [-0.05, 0) is 17.5 Å². The fourth-order valence-electron chi connectivity index (χ4n) is 3.24. The molecule has 1 unspecified atom stereocenters. The molecule has 0 aliphatic rings. The highest BCUT2D eigenvalue weighted by Crippen LogP contribution is 2.51. The summed E-state index contributed by atoms with van der Waals surface area (Å²) in [4.78, 5) is 10.4. The van der Waals surface area contributed by atoms with E-state index < -0.39 is 12.8 Å². The summed E-state index contributed by atoms with van der Waals surface area (Å²) in [6.07, 6.45) is 3.63. The van der Waals surface area contributed by atoms with Crippen molar-refractivity contribution in [3.63, 3.8) is 0 Å². The Hall–Kier alpha value is -1.37. The highest BCUT2D eigenvalue weighted by Gasteiger charge is 2.39. The van der Waals surface area contributed by atoms with Gasteiger partial charge in [-0.2, -0.15) is 0 Å². The second kappa shape index (κ2) is 7.95. The fraction of sp³-hybridized carbons (Fsp3) is 0.400. The first kappa shape index (κ1) is 18.0. The van der Waals surface area contributed by atoms with E-state index in [-0.39, 0.29) is 0 Å². The van der Waals surface area contributed by atoms with Crippen molar-refractivity contribution in [2.75, 3.05) is 12.3 Å². The molecule has 1 atom stereocenters. The molecular formula is C20H27O2P. The monoisotopic (exact) mass is 330 g/mol. The average Bonchev–Trinajstić information content (AvgIpc) is 2.60. The van der Waals surface area contributed by atoms with Crippen molar-refractivity contribution in [1.82, 2.24) is 0 Å². The van der Waals surface area contributed by atoms with Crippen LogP contribution in [0, 0.1) is 0 Å². The van der Waals surface area contributed by atoms with Gasteiger partial charge in [-0.15, -0.1) is 0 Å². The van der Waals surface area contributed by atoms with E-state index in [9.17, 15) is 9.46 Å². The fourth-order valence-corrected chi connectivity index (χ4v) is 4.83. The first-order valence-corrected chi connectivity index (χ1v) is 10.5. The molecule has 2 rings (SSSR count). The minimum Gasteiger partial charge on any atom is -0.344 e. The molecule has 0 aliphatic carbocycles. The van der Waals surface area contributed by atoms with Crippen molar-refractivity contribution in [2.45, 2.75) is 38.5 Å². The third kappa shape index (κ3) is 4.34. The van der Waals surface area contributed by atoms with Gasteiger partial charge in [0, 0.05) is 17.7 Å². The normalized spacial score (nSPS) is 14.4. The summed E-state index contributed by atoms with van der Waals surface area (Å²) < 4.78 is 12.7. The molecule has 0 spiro atoms. The van der Waals surface area contributed by atoms with Gasteiger partial charge in [0.25, 0.3) is 0 Å². The minimum atomic E-state index is -3.17. The maximum Gasteiger partial charge on any atom is 0.201 e. The molecule has 2 nitrogen and oxygen atoms in total. The predicted molar refractivity (Wildman–Crippen MR) is 98.4 cm³/mol. The Labute approximate surface area is 140 Å². The van der Waals surface area contributed by atoms with Crippen LogP contribution in [0.4, 0.5) is 0 Å². The summed E-state index contributed by atoms with van der Waals surface area (Å²) in [5, 5.41) is 0.